The van der Waals surface area contributed by atoms with Gasteiger partial charge in [0, 0.05) is 51.3 Å². The van der Waals surface area contributed by atoms with Gasteiger partial charge in [0.1, 0.15) is 11.5 Å². The summed E-state index contributed by atoms with van der Waals surface area (Å²) < 4.78 is 10.5. The zero-order valence-corrected chi connectivity index (χ0v) is 20.0. The zero-order valence-electron chi connectivity index (χ0n) is 20.0. The average molecular weight is 466 g/mol. The van der Waals surface area contributed by atoms with Crippen LogP contribution in [0, 0.1) is 0 Å². The van der Waals surface area contributed by atoms with Crippen molar-refractivity contribution in [1.29, 1.82) is 0 Å². The summed E-state index contributed by atoms with van der Waals surface area (Å²) >= 11 is 0. The van der Waals surface area contributed by atoms with E-state index in [-0.39, 0.29) is 30.2 Å². The van der Waals surface area contributed by atoms with Crippen molar-refractivity contribution >= 4 is 17.7 Å². The molecule has 2 aliphatic heterocycles. The third-order valence-corrected chi connectivity index (χ3v) is 6.70. The third-order valence-electron chi connectivity index (χ3n) is 6.70. The van der Waals surface area contributed by atoms with E-state index in [4.69, 9.17) is 9.47 Å². The Kier molecular flexibility index (Phi) is 7.05. The van der Waals surface area contributed by atoms with Crippen LogP contribution in [-0.4, -0.2) is 79.4 Å². The monoisotopic (exact) mass is 465 g/mol. The fourth-order valence-electron chi connectivity index (χ4n) is 4.82. The van der Waals surface area contributed by atoms with Gasteiger partial charge in [0.05, 0.1) is 26.7 Å². The standard InChI is InChI=1S/C26H31N3O5/c1-18(30)29-9-8-19-6-4-5-7-23(19)24(29)17-25(31)27-10-12-28(13-11-27)26(32)20-14-21(33-2)16-22(15-20)34-3/h4-7,14-16,24H,8-13,17H2,1-3H3. The smallest absolute Gasteiger partial charge is 0.254 e. The number of hydrogen-bond donors (Lipinski definition) is 0. The molecule has 2 aromatic carbocycles. The van der Waals surface area contributed by atoms with E-state index < -0.39 is 0 Å². The summed E-state index contributed by atoms with van der Waals surface area (Å²) in [4.78, 5) is 43.9. The number of fused-ring (bicyclic) bond motifs is 1. The van der Waals surface area contributed by atoms with Crippen molar-refractivity contribution in [2.75, 3.05) is 46.9 Å². The van der Waals surface area contributed by atoms with Crippen LogP contribution < -0.4 is 9.47 Å². The van der Waals surface area contributed by atoms with Crippen LogP contribution in [0.5, 0.6) is 11.5 Å². The van der Waals surface area contributed by atoms with Gasteiger partial charge in [-0.05, 0) is 29.7 Å². The van der Waals surface area contributed by atoms with Gasteiger partial charge in [-0.25, -0.2) is 0 Å². The molecule has 1 fully saturated rings. The fraction of sp³-hybridized carbons (Fsp3) is 0.423. The maximum Gasteiger partial charge on any atom is 0.254 e. The molecule has 2 aromatic rings. The Morgan fingerprint density at radius 1 is 0.882 bits per heavy atom. The molecule has 0 bridgehead atoms. The number of amides is 3. The van der Waals surface area contributed by atoms with Gasteiger partial charge in [-0.3, -0.25) is 14.4 Å². The predicted molar refractivity (Wildman–Crippen MR) is 127 cm³/mol. The normalized spacial score (nSPS) is 17.7. The van der Waals surface area contributed by atoms with Crippen LogP contribution in [0.15, 0.2) is 42.5 Å². The fourth-order valence-corrected chi connectivity index (χ4v) is 4.82. The molecule has 2 aliphatic rings. The zero-order chi connectivity index (χ0) is 24.2. The topological polar surface area (TPSA) is 79.4 Å². The number of benzene rings is 2. The highest BCUT2D eigenvalue weighted by Crippen LogP contribution is 2.33. The summed E-state index contributed by atoms with van der Waals surface area (Å²) in [7, 11) is 3.09. The lowest BCUT2D eigenvalue weighted by atomic mass is 9.90. The van der Waals surface area contributed by atoms with Crippen molar-refractivity contribution in [2.45, 2.75) is 25.8 Å². The van der Waals surface area contributed by atoms with Crippen LogP contribution >= 0.6 is 0 Å². The molecule has 180 valence electrons. The summed E-state index contributed by atoms with van der Waals surface area (Å²) in [5.74, 6) is 0.978. The van der Waals surface area contributed by atoms with Crippen molar-refractivity contribution in [1.82, 2.24) is 14.7 Å². The largest absolute Gasteiger partial charge is 0.497 e. The second-order valence-electron chi connectivity index (χ2n) is 8.66. The Balaban J connectivity index is 1.41. The van der Waals surface area contributed by atoms with Gasteiger partial charge in [-0.1, -0.05) is 24.3 Å². The first kappa shape index (κ1) is 23.6. The minimum Gasteiger partial charge on any atom is -0.497 e. The maximum absolute atomic E-state index is 13.2. The second kappa shape index (κ2) is 10.2. The van der Waals surface area contributed by atoms with Crippen molar-refractivity contribution in [2.24, 2.45) is 0 Å². The number of rotatable bonds is 5. The molecule has 0 radical (unpaired) electrons. The van der Waals surface area contributed by atoms with Gasteiger partial charge in [0.25, 0.3) is 5.91 Å². The minimum absolute atomic E-state index is 0.00287. The molecule has 8 nitrogen and oxygen atoms in total. The maximum atomic E-state index is 13.2. The molecule has 1 saturated heterocycles. The first-order chi connectivity index (χ1) is 16.4. The Hall–Kier alpha value is -3.55. The van der Waals surface area contributed by atoms with Crippen LogP contribution in [0.2, 0.25) is 0 Å². The Morgan fingerprint density at radius 3 is 2.12 bits per heavy atom. The lowest BCUT2D eigenvalue weighted by Crippen LogP contribution is -2.51. The molecule has 4 rings (SSSR count). The van der Waals surface area contributed by atoms with E-state index in [1.807, 2.05) is 18.2 Å². The van der Waals surface area contributed by atoms with Crippen LogP contribution in [-0.2, 0) is 16.0 Å². The lowest BCUT2D eigenvalue weighted by Gasteiger charge is -2.39. The Morgan fingerprint density at radius 2 is 1.50 bits per heavy atom. The van der Waals surface area contributed by atoms with Crippen LogP contribution in [0.1, 0.15) is 40.9 Å². The van der Waals surface area contributed by atoms with Gasteiger partial charge >= 0.3 is 0 Å². The molecule has 0 spiro atoms. The SMILES string of the molecule is COc1cc(OC)cc(C(=O)N2CCN(C(=O)CC3c4ccccc4CCN3C(C)=O)CC2)c1. The molecule has 0 saturated carbocycles. The molecule has 1 unspecified atom stereocenters. The van der Waals surface area contributed by atoms with E-state index in [0.717, 1.165) is 12.0 Å². The number of hydrogen-bond acceptors (Lipinski definition) is 5. The first-order valence-corrected chi connectivity index (χ1v) is 11.6. The molecule has 2 heterocycles. The van der Waals surface area contributed by atoms with E-state index in [0.29, 0.717) is 49.8 Å². The summed E-state index contributed by atoms with van der Waals surface area (Å²) in [6.45, 7) is 3.99. The molecular weight excluding hydrogens is 434 g/mol. The molecule has 0 N–H and O–H groups in total. The number of carbonyl (C=O) groups is 3. The molecule has 8 heteroatoms. The highest BCUT2D eigenvalue weighted by Gasteiger charge is 2.33. The molecule has 1 atom stereocenters. The molecule has 0 aromatic heterocycles. The molecule has 0 aliphatic carbocycles. The molecule has 34 heavy (non-hydrogen) atoms. The number of carbonyl (C=O) groups excluding carboxylic acids is 3. The summed E-state index contributed by atoms with van der Waals surface area (Å²) in [6, 6.07) is 12.9. The van der Waals surface area contributed by atoms with E-state index in [9.17, 15) is 14.4 Å². The van der Waals surface area contributed by atoms with Gasteiger partial charge in [-0.15, -0.1) is 0 Å². The van der Waals surface area contributed by atoms with Crippen molar-refractivity contribution in [3.8, 4) is 11.5 Å². The highest BCUT2D eigenvalue weighted by molar-refractivity contribution is 5.95. The predicted octanol–water partition coefficient (Wildman–Crippen LogP) is 2.52. The number of ether oxygens (including phenoxy) is 2. The number of piperazine rings is 1. The van der Waals surface area contributed by atoms with Crippen LogP contribution in [0.4, 0.5) is 0 Å². The second-order valence-corrected chi connectivity index (χ2v) is 8.66. The van der Waals surface area contributed by atoms with Crippen LogP contribution in [0.25, 0.3) is 0 Å². The highest BCUT2D eigenvalue weighted by atomic mass is 16.5. The molecular formula is C26H31N3O5. The van der Waals surface area contributed by atoms with Gasteiger partial charge in [0.15, 0.2) is 0 Å². The van der Waals surface area contributed by atoms with Crippen LogP contribution in [0.3, 0.4) is 0 Å². The summed E-state index contributed by atoms with van der Waals surface area (Å²) in [5, 5.41) is 0. The Labute approximate surface area is 200 Å². The van der Waals surface area contributed by atoms with Crippen molar-refractivity contribution < 1.29 is 23.9 Å². The average Bonchev–Trinajstić information content (AvgIpc) is 2.87. The third kappa shape index (κ3) is 4.85. The summed E-state index contributed by atoms with van der Waals surface area (Å²) in [6.07, 6.45) is 1.05. The van der Waals surface area contributed by atoms with E-state index in [1.165, 1.54) is 5.56 Å². The Bertz CT molecular complexity index is 1060. The quantitative estimate of drug-likeness (QED) is 0.678. The van der Waals surface area contributed by atoms with Crippen molar-refractivity contribution in [3.63, 3.8) is 0 Å². The number of methoxy groups -OCH3 is 2. The van der Waals surface area contributed by atoms with E-state index >= 15 is 0 Å². The van der Waals surface area contributed by atoms with Crippen molar-refractivity contribution in [3.05, 3.63) is 59.2 Å². The first-order valence-electron chi connectivity index (χ1n) is 11.6. The van der Waals surface area contributed by atoms with E-state index in [2.05, 4.69) is 6.07 Å². The number of nitrogens with zero attached hydrogens (tertiary/aromatic N) is 3. The van der Waals surface area contributed by atoms with Gasteiger partial charge < -0.3 is 24.2 Å². The lowest BCUT2D eigenvalue weighted by molar-refractivity contribution is -0.137. The van der Waals surface area contributed by atoms with Gasteiger partial charge in [-0.2, -0.15) is 0 Å². The van der Waals surface area contributed by atoms with Gasteiger partial charge in [0.2, 0.25) is 11.8 Å². The minimum atomic E-state index is -0.251. The summed E-state index contributed by atoms with van der Waals surface area (Å²) in [5.41, 5.74) is 2.74. The van der Waals surface area contributed by atoms with E-state index in [1.54, 1.807) is 54.0 Å². The molecule has 3 amide bonds.